The number of alkyl halides is 1. The quantitative estimate of drug-likeness (QED) is 0.777. The van der Waals surface area contributed by atoms with Gasteiger partial charge in [0.05, 0.1) is 7.11 Å². The molecule has 0 aliphatic heterocycles. The van der Waals surface area contributed by atoms with Crippen LogP contribution >= 0.6 is 0 Å². The Morgan fingerprint density at radius 3 is 2.77 bits per heavy atom. The minimum atomic E-state index is -1.14. The zero-order valence-electron chi connectivity index (χ0n) is 7.88. The lowest BCUT2D eigenvalue weighted by atomic mass is 10.1. The lowest BCUT2D eigenvalue weighted by molar-refractivity contribution is 0.331. The molecule has 0 amide bonds. The number of hydrogen-bond acceptors (Lipinski definition) is 2. The van der Waals surface area contributed by atoms with Crippen LogP contribution in [-0.4, -0.2) is 13.7 Å². The van der Waals surface area contributed by atoms with Crippen molar-refractivity contribution < 1.29 is 9.13 Å². The van der Waals surface area contributed by atoms with E-state index in [9.17, 15) is 4.39 Å². The minimum absolute atomic E-state index is 0.0145. The monoisotopic (exact) mass is 183 g/mol. The van der Waals surface area contributed by atoms with E-state index in [1.54, 1.807) is 12.1 Å². The predicted molar refractivity (Wildman–Crippen MR) is 50.6 cm³/mol. The van der Waals surface area contributed by atoms with Crippen molar-refractivity contribution in [2.45, 2.75) is 13.1 Å². The SMILES string of the molecule is COc1cc(C)ccc1C(F)CN. The van der Waals surface area contributed by atoms with Crippen molar-refractivity contribution in [3.8, 4) is 5.75 Å². The molecule has 3 heteroatoms. The Morgan fingerprint density at radius 1 is 1.54 bits per heavy atom. The Bertz CT molecular complexity index is 288. The third kappa shape index (κ3) is 2.18. The molecule has 0 spiro atoms. The van der Waals surface area contributed by atoms with Gasteiger partial charge in [0.15, 0.2) is 0 Å². The Morgan fingerprint density at radius 2 is 2.23 bits per heavy atom. The van der Waals surface area contributed by atoms with Crippen LogP contribution in [0.1, 0.15) is 17.3 Å². The van der Waals surface area contributed by atoms with Crippen molar-refractivity contribution in [2.24, 2.45) is 5.73 Å². The van der Waals surface area contributed by atoms with Gasteiger partial charge in [-0.2, -0.15) is 0 Å². The molecule has 2 nitrogen and oxygen atoms in total. The van der Waals surface area contributed by atoms with E-state index in [1.807, 2.05) is 13.0 Å². The second kappa shape index (κ2) is 4.23. The molecule has 0 heterocycles. The van der Waals surface area contributed by atoms with Gasteiger partial charge in [-0.05, 0) is 18.6 Å². The van der Waals surface area contributed by atoms with Crippen molar-refractivity contribution in [2.75, 3.05) is 13.7 Å². The molecule has 0 saturated carbocycles. The summed E-state index contributed by atoms with van der Waals surface area (Å²) in [5.74, 6) is 0.568. The summed E-state index contributed by atoms with van der Waals surface area (Å²) in [5, 5.41) is 0. The number of nitrogens with two attached hydrogens (primary N) is 1. The first-order valence-corrected chi connectivity index (χ1v) is 4.17. The molecular formula is C10H14FNO. The van der Waals surface area contributed by atoms with E-state index in [0.29, 0.717) is 11.3 Å². The maximum absolute atomic E-state index is 13.2. The van der Waals surface area contributed by atoms with Crippen LogP contribution in [0.2, 0.25) is 0 Å². The highest BCUT2D eigenvalue weighted by Crippen LogP contribution is 2.27. The average molecular weight is 183 g/mol. The Balaban J connectivity index is 3.05. The van der Waals surface area contributed by atoms with Crippen LogP contribution in [0.5, 0.6) is 5.75 Å². The lowest BCUT2D eigenvalue weighted by Crippen LogP contribution is -2.08. The first-order valence-electron chi connectivity index (χ1n) is 4.17. The molecule has 0 fully saturated rings. The number of ether oxygens (including phenoxy) is 1. The number of hydrogen-bond donors (Lipinski definition) is 1. The molecule has 1 unspecified atom stereocenters. The first-order chi connectivity index (χ1) is 6.19. The van der Waals surface area contributed by atoms with Crippen LogP contribution in [0.3, 0.4) is 0 Å². The molecule has 0 radical (unpaired) electrons. The summed E-state index contributed by atoms with van der Waals surface area (Å²) in [6.45, 7) is 1.92. The number of methoxy groups -OCH3 is 1. The van der Waals surface area contributed by atoms with Gasteiger partial charge in [-0.1, -0.05) is 12.1 Å². The van der Waals surface area contributed by atoms with Gasteiger partial charge in [0.2, 0.25) is 0 Å². The van der Waals surface area contributed by atoms with E-state index >= 15 is 0 Å². The number of benzene rings is 1. The zero-order valence-corrected chi connectivity index (χ0v) is 7.88. The summed E-state index contributed by atoms with van der Waals surface area (Å²) < 4.78 is 18.3. The summed E-state index contributed by atoms with van der Waals surface area (Å²) in [6.07, 6.45) is -1.14. The fraction of sp³-hybridized carbons (Fsp3) is 0.400. The molecule has 1 aromatic rings. The lowest BCUT2D eigenvalue weighted by Gasteiger charge is -2.11. The van der Waals surface area contributed by atoms with Gasteiger partial charge in [-0.25, -0.2) is 4.39 Å². The van der Waals surface area contributed by atoms with E-state index in [0.717, 1.165) is 5.56 Å². The molecule has 0 saturated heterocycles. The molecule has 0 aliphatic carbocycles. The molecule has 13 heavy (non-hydrogen) atoms. The normalized spacial score (nSPS) is 12.6. The third-order valence-corrected chi connectivity index (χ3v) is 1.93. The molecule has 72 valence electrons. The number of aryl methyl sites for hydroxylation is 1. The van der Waals surface area contributed by atoms with Crippen LogP contribution in [0.25, 0.3) is 0 Å². The van der Waals surface area contributed by atoms with Crippen LogP contribution in [0, 0.1) is 6.92 Å². The van der Waals surface area contributed by atoms with Crippen LogP contribution < -0.4 is 10.5 Å². The molecule has 0 bridgehead atoms. The van der Waals surface area contributed by atoms with Crippen molar-refractivity contribution in [3.05, 3.63) is 29.3 Å². The van der Waals surface area contributed by atoms with Crippen molar-refractivity contribution in [1.82, 2.24) is 0 Å². The third-order valence-electron chi connectivity index (χ3n) is 1.93. The van der Waals surface area contributed by atoms with Crippen LogP contribution in [0.15, 0.2) is 18.2 Å². The predicted octanol–water partition coefficient (Wildman–Crippen LogP) is 1.97. The van der Waals surface area contributed by atoms with Crippen molar-refractivity contribution in [1.29, 1.82) is 0 Å². The van der Waals surface area contributed by atoms with Gasteiger partial charge >= 0.3 is 0 Å². The molecular weight excluding hydrogens is 169 g/mol. The molecule has 1 rings (SSSR count). The number of rotatable bonds is 3. The molecule has 0 aliphatic rings. The van der Waals surface area contributed by atoms with Crippen LogP contribution in [0.4, 0.5) is 4.39 Å². The van der Waals surface area contributed by atoms with Gasteiger partial charge in [0, 0.05) is 12.1 Å². The Hall–Kier alpha value is -1.09. The van der Waals surface area contributed by atoms with Gasteiger partial charge in [-0.15, -0.1) is 0 Å². The zero-order chi connectivity index (χ0) is 9.84. The summed E-state index contributed by atoms with van der Waals surface area (Å²) >= 11 is 0. The topological polar surface area (TPSA) is 35.2 Å². The second-order valence-electron chi connectivity index (χ2n) is 2.95. The molecule has 1 aromatic carbocycles. The smallest absolute Gasteiger partial charge is 0.141 e. The molecule has 0 aromatic heterocycles. The largest absolute Gasteiger partial charge is 0.496 e. The highest BCUT2D eigenvalue weighted by atomic mass is 19.1. The van der Waals surface area contributed by atoms with E-state index in [-0.39, 0.29) is 6.54 Å². The maximum atomic E-state index is 13.2. The maximum Gasteiger partial charge on any atom is 0.141 e. The van der Waals surface area contributed by atoms with E-state index < -0.39 is 6.17 Å². The molecule has 1 atom stereocenters. The Labute approximate surface area is 77.5 Å². The first kappa shape index (κ1) is 9.99. The van der Waals surface area contributed by atoms with Gasteiger partial charge in [-0.3, -0.25) is 0 Å². The van der Waals surface area contributed by atoms with Gasteiger partial charge in [0.1, 0.15) is 11.9 Å². The molecule has 2 N–H and O–H groups in total. The standard InChI is InChI=1S/C10H14FNO/c1-7-3-4-8(9(11)6-12)10(5-7)13-2/h3-5,9H,6,12H2,1-2H3. The minimum Gasteiger partial charge on any atom is -0.496 e. The summed E-state index contributed by atoms with van der Waals surface area (Å²) in [7, 11) is 1.53. The van der Waals surface area contributed by atoms with Gasteiger partial charge < -0.3 is 10.5 Å². The average Bonchev–Trinajstić information content (AvgIpc) is 2.16. The summed E-state index contributed by atoms with van der Waals surface area (Å²) in [5.41, 5.74) is 6.80. The van der Waals surface area contributed by atoms with E-state index in [1.165, 1.54) is 7.11 Å². The highest BCUT2D eigenvalue weighted by molar-refractivity contribution is 5.38. The fourth-order valence-corrected chi connectivity index (χ4v) is 1.20. The van der Waals surface area contributed by atoms with Crippen molar-refractivity contribution >= 4 is 0 Å². The highest BCUT2D eigenvalue weighted by Gasteiger charge is 2.12. The summed E-state index contributed by atoms with van der Waals surface area (Å²) in [6, 6.07) is 5.36. The second-order valence-corrected chi connectivity index (χ2v) is 2.95. The van der Waals surface area contributed by atoms with E-state index in [2.05, 4.69) is 0 Å². The number of halogens is 1. The Kier molecular flexibility index (Phi) is 3.25. The van der Waals surface area contributed by atoms with Crippen molar-refractivity contribution in [3.63, 3.8) is 0 Å². The fourth-order valence-electron chi connectivity index (χ4n) is 1.20. The van der Waals surface area contributed by atoms with E-state index in [4.69, 9.17) is 10.5 Å². The summed E-state index contributed by atoms with van der Waals surface area (Å²) in [4.78, 5) is 0. The van der Waals surface area contributed by atoms with Crippen LogP contribution in [-0.2, 0) is 0 Å². The van der Waals surface area contributed by atoms with Gasteiger partial charge in [0.25, 0.3) is 0 Å².